The van der Waals surface area contributed by atoms with E-state index in [2.05, 4.69) is 4.90 Å². The minimum absolute atomic E-state index is 0.0342. The van der Waals surface area contributed by atoms with Crippen molar-refractivity contribution in [2.45, 2.75) is 25.8 Å². The quantitative estimate of drug-likeness (QED) is 0.280. The molecule has 0 bridgehead atoms. The number of nitrogens with zero attached hydrogens (tertiary/aromatic N) is 2. The predicted octanol–water partition coefficient (Wildman–Crippen LogP) is 4.93. The molecule has 2 aliphatic rings. The van der Waals surface area contributed by atoms with Gasteiger partial charge >= 0.3 is 0 Å². The van der Waals surface area contributed by atoms with E-state index in [1.165, 1.54) is 4.90 Å². The molecule has 2 heterocycles. The highest BCUT2D eigenvalue weighted by atomic mass is 35.5. The molecule has 1 atom stereocenters. The number of likely N-dealkylation sites (tertiary alicyclic amines) is 1. The Morgan fingerprint density at radius 1 is 1.06 bits per heavy atom. The number of aliphatic hydroxyl groups is 1. The Labute approximate surface area is 221 Å². The van der Waals surface area contributed by atoms with Gasteiger partial charge in [-0.25, -0.2) is 0 Å². The number of ether oxygens (including phenoxy) is 2. The molecule has 2 aliphatic heterocycles. The van der Waals surface area contributed by atoms with Crippen LogP contribution in [0.15, 0.2) is 48.0 Å². The summed E-state index contributed by atoms with van der Waals surface area (Å²) in [5, 5.41) is 11.9. The van der Waals surface area contributed by atoms with Gasteiger partial charge in [-0.2, -0.15) is 0 Å². The van der Waals surface area contributed by atoms with Crippen LogP contribution in [0.1, 0.15) is 36.9 Å². The Balaban J connectivity index is 1.66. The zero-order chi connectivity index (χ0) is 25.7. The number of halogens is 2. The summed E-state index contributed by atoms with van der Waals surface area (Å²) in [7, 11) is 0. The topological polar surface area (TPSA) is 79.3 Å². The first-order valence-corrected chi connectivity index (χ1v) is 12.9. The highest BCUT2D eigenvalue weighted by molar-refractivity contribution is 6.46. The van der Waals surface area contributed by atoms with Crippen LogP contribution in [0.25, 0.3) is 5.76 Å². The fraction of sp³-hybridized carbons (Fsp3) is 0.407. The maximum absolute atomic E-state index is 13.2. The minimum Gasteiger partial charge on any atom is -0.507 e. The van der Waals surface area contributed by atoms with Gasteiger partial charge in [0, 0.05) is 31.7 Å². The summed E-state index contributed by atoms with van der Waals surface area (Å²) in [5.41, 5.74) is 1.07. The summed E-state index contributed by atoms with van der Waals surface area (Å²) in [6.07, 6.45) is 1.55. The van der Waals surface area contributed by atoms with Crippen LogP contribution in [0.4, 0.5) is 0 Å². The van der Waals surface area contributed by atoms with Crippen LogP contribution in [0.5, 0.6) is 5.75 Å². The van der Waals surface area contributed by atoms with Gasteiger partial charge in [0.25, 0.3) is 11.7 Å². The lowest BCUT2D eigenvalue weighted by Crippen LogP contribution is -2.38. The number of carbonyl (C=O) groups excluding carboxylic acids is 2. The van der Waals surface area contributed by atoms with E-state index >= 15 is 0 Å². The van der Waals surface area contributed by atoms with E-state index in [0.717, 1.165) is 26.1 Å². The van der Waals surface area contributed by atoms with Gasteiger partial charge in [-0.1, -0.05) is 36.2 Å². The summed E-state index contributed by atoms with van der Waals surface area (Å²) < 4.78 is 11.0. The second kappa shape index (κ2) is 12.1. The summed E-state index contributed by atoms with van der Waals surface area (Å²) in [4.78, 5) is 30.2. The third-order valence-electron chi connectivity index (χ3n) is 6.38. The van der Waals surface area contributed by atoms with E-state index < -0.39 is 17.7 Å². The van der Waals surface area contributed by atoms with Gasteiger partial charge in [-0.15, -0.1) is 0 Å². The molecular weight excluding hydrogens is 503 g/mol. The standard InChI is InChI=1S/C27H30Cl2N2O5/c1-2-14-36-20-7-4-18(5-8-20)25(32)23-24(19-6-9-21(28)22(29)17-19)31(27(34)26(23)33)11-3-10-30-12-15-35-16-13-30/h4-9,17,24,32H,2-3,10-16H2,1H3/t24-/m0/s1. The van der Waals surface area contributed by atoms with E-state index in [9.17, 15) is 14.7 Å². The molecule has 9 heteroatoms. The molecule has 0 unspecified atom stereocenters. The van der Waals surface area contributed by atoms with Crippen molar-refractivity contribution in [2.75, 3.05) is 46.0 Å². The molecular formula is C27H30Cl2N2O5. The number of rotatable bonds is 9. The maximum atomic E-state index is 13.2. The SMILES string of the molecule is CCCOc1ccc(C(O)=C2C(=O)C(=O)N(CCCN3CCOCC3)[C@H]2c2ccc(Cl)c(Cl)c2)cc1. The molecule has 7 nitrogen and oxygen atoms in total. The van der Waals surface area contributed by atoms with Crippen LogP contribution in [-0.4, -0.2) is 72.6 Å². The molecule has 4 rings (SSSR count). The zero-order valence-electron chi connectivity index (χ0n) is 20.2. The fourth-order valence-corrected chi connectivity index (χ4v) is 4.82. The number of ketones is 1. The van der Waals surface area contributed by atoms with Crippen LogP contribution in [-0.2, 0) is 14.3 Å². The number of aliphatic hydroxyl groups excluding tert-OH is 1. The molecule has 1 N–H and O–H groups in total. The van der Waals surface area contributed by atoms with Crippen molar-refractivity contribution in [3.63, 3.8) is 0 Å². The lowest BCUT2D eigenvalue weighted by atomic mass is 9.95. The van der Waals surface area contributed by atoms with Crippen molar-refractivity contribution < 1.29 is 24.2 Å². The molecule has 1 amide bonds. The Hall–Kier alpha value is -2.58. The summed E-state index contributed by atoms with van der Waals surface area (Å²) in [6.45, 7) is 6.79. The molecule has 0 spiro atoms. The summed E-state index contributed by atoms with van der Waals surface area (Å²) >= 11 is 12.4. The third-order valence-corrected chi connectivity index (χ3v) is 7.12. The number of benzene rings is 2. The number of amides is 1. The zero-order valence-corrected chi connectivity index (χ0v) is 21.7. The lowest BCUT2D eigenvalue weighted by molar-refractivity contribution is -0.140. The Bertz CT molecular complexity index is 1130. The highest BCUT2D eigenvalue weighted by Gasteiger charge is 2.46. The first kappa shape index (κ1) is 26.5. The predicted molar refractivity (Wildman–Crippen MR) is 140 cm³/mol. The fourth-order valence-electron chi connectivity index (χ4n) is 4.51. The van der Waals surface area contributed by atoms with Crippen molar-refractivity contribution in [1.82, 2.24) is 9.80 Å². The van der Waals surface area contributed by atoms with E-state index in [1.54, 1.807) is 42.5 Å². The average molecular weight is 533 g/mol. The molecule has 0 aliphatic carbocycles. The van der Waals surface area contributed by atoms with Gasteiger partial charge in [0.1, 0.15) is 11.5 Å². The lowest BCUT2D eigenvalue weighted by Gasteiger charge is -2.29. The Morgan fingerprint density at radius 2 is 1.78 bits per heavy atom. The van der Waals surface area contributed by atoms with Crippen LogP contribution in [0, 0.1) is 0 Å². The van der Waals surface area contributed by atoms with E-state index in [0.29, 0.717) is 59.7 Å². The second-order valence-corrected chi connectivity index (χ2v) is 9.66. The van der Waals surface area contributed by atoms with Crippen molar-refractivity contribution in [3.8, 4) is 5.75 Å². The highest BCUT2D eigenvalue weighted by Crippen LogP contribution is 2.41. The number of morpholine rings is 1. The minimum atomic E-state index is -0.777. The van der Waals surface area contributed by atoms with Crippen LogP contribution < -0.4 is 4.74 Å². The number of hydrogen-bond donors (Lipinski definition) is 1. The Morgan fingerprint density at radius 3 is 2.44 bits per heavy atom. The third kappa shape index (κ3) is 5.86. The second-order valence-electron chi connectivity index (χ2n) is 8.85. The summed E-state index contributed by atoms with van der Waals surface area (Å²) in [6, 6.07) is 11.1. The molecule has 0 aromatic heterocycles. The average Bonchev–Trinajstić information content (AvgIpc) is 3.14. The normalized spacial score (nSPS) is 20.2. The molecule has 0 radical (unpaired) electrons. The van der Waals surface area contributed by atoms with Gasteiger partial charge in [-0.05, 0) is 54.8 Å². The van der Waals surface area contributed by atoms with Gasteiger partial charge in [0.05, 0.1) is 41.5 Å². The van der Waals surface area contributed by atoms with Crippen LogP contribution >= 0.6 is 23.2 Å². The van der Waals surface area contributed by atoms with Gasteiger partial charge < -0.3 is 19.5 Å². The Kier molecular flexibility index (Phi) is 8.90. The molecule has 0 saturated carbocycles. The molecule has 192 valence electrons. The molecule has 2 fully saturated rings. The molecule has 2 aromatic carbocycles. The van der Waals surface area contributed by atoms with E-state index in [1.807, 2.05) is 6.92 Å². The molecule has 2 saturated heterocycles. The van der Waals surface area contributed by atoms with Crippen molar-refractivity contribution in [1.29, 1.82) is 0 Å². The van der Waals surface area contributed by atoms with Crippen molar-refractivity contribution in [2.24, 2.45) is 0 Å². The smallest absolute Gasteiger partial charge is 0.295 e. The number of Topliss-reactive ketones (excluding diaryl/α,β-unsaturated/α-hetero) is 1. The van der Waals surface area contributed by atoms with Crippen molar-refractivity contribution in [3.05, 3.63) is 69.2 Å². The van der Waals surface area contributed by atoms with Crippen molar-refractivity contribution >= 4 is 40.7 Å². The number of hydrogen-bond acceptors (Lipinski definition) is 6. The molecule has 36 heavy (non-hydrogen) atoms. The van der Waals surface area contributed by atoms with Gasteiger partial charge in [0.15, 0.2) is 0 Å². The first-order valence-electron chi connectivity index (χ1n) is 12.2. The molecule has 2 aromatic rings. The van der Waals surface area contributed by atoms with Crippen LogP contribution in [0.3, 0.4) is 0 Å². The number of carbonyl (C=O) groups is 2. The first-order chi connectivity index (χ1) is 17.4. The van der Waals surface area contributed by atoms with E-state index in [4.69, 9.17) is 32.7 Å². The van der Waals surface area contributed by atoms with E-state index in [-0.39, 0.29) is 11.3 Å². The van der Waals surface area contributed by atoms with Crippen LogP contribution in [0.2, 0.25) is 10.0 Å². The van der Waals surface area contributed by atoms with Gasteiger partial charge in [-0.3, -0.25) is 14.5 Å². The van der Waals surface area contributed by atoms with Gasteiger partial charge in [0.2, 0.25) is 0 Å². The maximum Gasteiger partial charge on any atom is 0.295 e. The largest absolute Gasteiger partial charge is 0.507 e. The summed E-state index contributed by atoms with van der Waals surface area (Å²) in [5.74, 6) is -0.932. The monoisotopic (exact) mass is 532 g/mol.